The normalized spacial score (nSPS) is 11.3. The molecule has 1 atom stereocenters. The molecule has 0 radical (unpaired) electrons. The maximum Gasteiger partial charge on any atom is 0.330 e. The van der Waals surface area contributed by atoms with E-state index in [1.54, 1.807) is 0 Å². The van der Waals surface area contributed by atoms with Crippen molar-refractivity contribution in [1.29, 1.82) is 0 Å². The molecule has 11 heavy (non-hydrogen) atoms. The molecule has 0 unspecified atom stereocenters. The van der Waals surface area contributed by atoms with Crippen LogP contribution in [0.5, 0.6) is 0 Å². The lowest BCUT2D eigenvalue weighted by molar-refractivity contribution is -0.146. The summed E-state index contributed by atoms with van der Waals surface area (Å²) in [4.78, 5) is 20.7. The lowest BCUT2D eigenvalue weighted by atomic mass is 10.3. The average molecular weight is 154 g/mol. The number of carbonyl (C=O) groups is 2. The molecule has 3 nitrogen and oxygen atoms in total. The van der Waals surface area contributed by atoms with Crippen LogP contribution >= 0.6 is 0 Å². The van der Waals surface area contributed by atoms with E-state index in [1.807, 2.05) is 0 Å². The van der Waals surface area contributed by atoms with Crippen molar-refractivity contribution < 1.29 is 14.3 Å². The number of rotatable bonds is 5. The molecular weight excluding hydrogens is 144 g/mol. The first kappa shape index (κ1) is 9.62. The summed E-state index contributed by atoms with van der Waals surface area (Å²) in [6.45, 7) is 6.60. The predicted octanol–water partition coefficient (Wildman–Crippen LogP) is 0.859. The highest BCUT2D eigenvalue weighted by Gasteiger charge is 2.07. The maximum absolute atomic E-state index is 10.5. The topological polar surface area (TPSA) is 43.4 Å². The molecule has 0 saturated carbocycles. The number of hydrogen-bond acceptors (Lipinski definition) is 3. The van der Waals surface area contributed by atoms with Gasteiger partial charge in [0.2, 0.25) is 0 Å². The minimum absolute atomic E-state index is 0.336. The Morgan fingerprint density at radius 1 is 1.55 bits per heavy atom. The van der Waals surface area contributed by atoms with Crippen LogP contribution in [-0.4, -0.2) is 18.4 Å². The SMILES string of the molecule is C=CC[C@@H](C=O)OC(=O)C=C. The van der Waals surface area contributed by atoms with E-state index < -0.39 is 12.1 Å². The summed E-state index contributed by atoms with van der Waals surface area (Å²) in [6, 6.07) is 0. The Hall–Kier alpha value is -1.38. The Labute approximate surface area is 65.4 Å². The summed E-state index contributed by atoms with van der Waals surface area (Å²) in [5, 5.41) is 0. The molecule has 0 aromatic heterocycles. The Bertz CT molecular complexity index is 172. The zero-order chi connectivity index (χ0) is 8.69. The van der Waals surface area contributed by atoms with Gasteiger partial charge in [-0.3, -0.25) is 4.79 Å². The molecule has 0 rings (SSSR count). The molecule has 60 valence electrons. The fourth-order valence-electron chi connectivity index (χ4n) is 0.493. The predicted molar refractivity (Wildman–Crippen MR) is 41.0 cm³/mol. The second-order valence-electron chi connectivity index (χ2n) is 1.84. The van der Waals surface area contributed by atoms with Crippen LogP contribution in [0.2, 0.25) is 0 Å². The second-order valence-corrected chi connectivity index (χ2v) is 1.84. The first-order valence-corrected chi connectivity index (χ1v) is 3.13. The van der Waals surface area contributed by atoms with Gasteiger partial charge in [-0.15, -0.1) is 6.58 Å². The number of esters is 1. The van der Waals surface area contributed by atoms with Crippen molar-refractivity contribution in [3.05, 3.63) is 25.3 Å². The standard InChI is InChI=1S/C8H10O3/c1-3-5-7(6-9)11-8(10)4-2/h3-4,6-7H,1-2,5H2/t7-/m0/s1. The molecular formula is C8H10O3. The third kappa shape index (κ3) is 4.08. The Kier molecular flexibility index (Phi) is 4.73. The molecule has 0 bridgehead atoms. The zero-order valence-corrected chi connectivity index (χ0v) is 6.16. The summed E-state index contributed by atoms with van der Waals surface area (Å²) in [5.74, 6) is -0.594. The minimum Gasteiger partial charge on any atom is -0.451 e. The van der Waals surface area contributed by atoms with E-state index in [1.165, 1.54) is 6.08 Å². The lowest BCUT2D eigenvalue weighted by Gasteiger charge is -2.06. The smallest absolute Gasteiger partial charge is 0.330 e. The van der Waals surface area contributed by atoms with Crippen molar-refractivity contribution >= 4 is 12.3 Å². The molecule has 0 fully saturated rings. The quantitative estimate of drug-likeness (QED) is 0.255. The zero-order valence-electron chi connectivity index (χ0n) is 6.16. The van der Waals surface area contributed by atoms with Crippen molar-refractivity contribution in [2.75, 3.05) is 0 Å². The largest absolute Gasteiger partial charge is 0.451 e. The summed E-state index contributed by atoms with van der Waals surface area (Å²) in [5.41, 5.74) is 0. The van der Waals surface area contributed by atoms with Gasteiger partial charge in [0.25, 0.3) is 0 Å². The van der Waals surface area contributed by atoms with Crippen LogP contribution in [0.4, 0.5) is 0 Å². The van der Waals surface area contributed by atoms with Crippen LogP contribution in [0.25, 0.3) is 0 Å². The molecule has 0 aromatic rings. The van der Waals surface area contributed by atoms with Crippen molar-refractivity contribution in [3.63, 3.8) is 0 Å². The Morgan fingerprint density at radius 2 is 2.18 bits per heavy atom. The number of aldehydes is 1. The van der Waals surface area contributed by atoms with E-state index >= 15 is 0 Å². The van der Waals surface area contributed by atoms with E-state index in [2.05, 4.69) is 17.9 Å². The van der Waals surface area contributed by atoms with Gasteiger partial charge in [-0.05, 0) is 0 Å². The number of carbonyl (C=O) groups excluding carboxylic acids is 2. The summed E-state index contributed by atoms with van der Waals surface area (Å²) in [6.07, 6.45) is 2.69. The summed E-state index contributed by atoms with van der Waals surface area (Å²) < 4.78 is 4.59. The van der Waals surface area contributed by atoms with Crippen molar-refractivity contribution in [3.8, 4) is 0 Å². The van der Waals surface area contributed by atoms with Gasteiger partial charge in [-0.1, -0.05) is 12.7 Å². The number of ether oxygens (including phenoxy) is 1. The molecule has 0 N–H and O–H groups in total. The highest BCUT2D eigenvalue weighted by atomic mass is 16.5. The molecule has 0 aliphatic rings. The summed E-state index contributed by atoms with van der Waals surface area (Å²) in [7, 11) is 0. The third-order valence-corrected chi connectivity index (χ3v) is 0.985. The van der Waals surface area contributed by atoms with Gasteiger partial charge in [-0.25, -0.2) is 4.79 Å². The van der Waals surface area contributed by atoms with Crippen LogP contribution in [0, 0.1) is 0 Å². The van der Waals surface area contributed by atoms with Crippen LogP contribution in [0.3, 0.4) is 0 Å². The lowest BCUT2D eigenvalue weighted by Crippen LogP contribution is -2.17. The Morgan fingerprint density at radius 3 is 2.55 bits per heavy atom. The first-order valence-electron chi connectivity index (χ1n) is 3.13. The highest BCUT2D eigenvalue weighted by Crippen LogP contribution is 1.96. The van der Waals surface area contributed by atoms with Crippen LogP contribution < -0.4 is 0 Å². The molecule has 0 aliphatic carbocycles. The average Bonchev–Trinajstić information content (AvgIpc) is 2.03. The van der Waals surface area contributed by atoms with E-state index in [4.69, 9.17) is 0 Å². The van der Waals surface area contributed by atoms with Crippen molar-refractivity contribution in [2.45, 2.75) is 12.5 Å². The van der Waals surface area contributed by atoms with Crippen LogP contribution in [0.1, 0.15) is 6.42 Å². The fraction of sp³-hybridized carbons (Fsp3) is 0.250. The molecule has 0 aliphatic heterocycles. The third-order valence-electron chi connectivity index (χ3n) is 0.985. The van der Waals surface area contributed by atoms with Gasteiger partial charge in [0, 0.05) is 12.5 Å². The molecule has 0 spiro atoms. The van der Waals surface area contributed by atoms with Crippen molar-refractivity contribution in [2.24, 2.45) is 0 Å². The van der Waals surface area contributed by atoms with Crippen LogP contribution in [0.15, 0.2) is 25.3 Å². The van der Waals surface area contributed by atoms with E-state index in [0.29, 0.717) is 12.7 Å². The van der Waals surface area contributed by atoms with Gasteiger partial charge in [0.1, 0.15) is 0 Å². The maximum atomic E-state index is 10.5. The monoisotopic (exact) mass is 154 g/mol. The summed E-state index contributed by atoms with van der Waals surface area (Å²) >= 11 is 0. The highest BCUT2D eigenvalue weighted by molar-refractivity contribution is 5.82. The number of hydrogen-bond donors (Lipinski definition) is 0. The van der Waals surface area contributed by atoms with Gasteiger partial charge >= 0.3 is 5.97 Å². The molecule has 0 aromatic carbocycles. The first-order chi connectivity index (χ1) is 5.24. The van der Waals surface area contributed by atoms with Gasteiger partial charge < -0.3 is 4.74 Å². The van der Waals surface area contributed by atoms with Crippen LogP contribution in [-0.2, 0) is 14.3 Å². The van der Waals surface area contributed by atoms with Crippen molar-refractivity contribution in [1.82, 2.24) is 0 Å². The second kappa shape index (κ2) is 5.41. The van der Waals surface area contributed by atoms with Gasteiger partial charge in [-0.2, -0.15) is 0 Å². The molecule has 0 heterocycles. The van der Waals surface area contributed by atoms with Gasteiger partial charge in [0.15, 0.2) is 12.4 Å². The van der Waals surface area contributed by atoms with Gasteiger partial charge in [0.05, 0.1) is 0 Å². The molecule has 3 heteroatoms. The molecule has 0 amide bonds. The minimum atomic E-state index is -0.724. The fourth-order valence-corrected chi connectivity index (χ4v) is 0.493. The Balaban J connectivity index is 3.85. The molecule has 0 saturated heterocycles. The van der Waals surface area contributed by atoms with E-state index in [0.717, 1.165) is 6.08 Å². The van der Waals surface area contributed by atoms with E-state index in [-0.39, 0.29) is 0 Å². The van der Waals surface area contributed by atoms with E-state index in [9.17, 15) is 9.59 Å².